The van der Waals surface area contributed by atoms with Crippen molar-refractivity contribution in [3.63, 3.8) is 0 Å². The molecule has 1 saturated carbocycles. The number of sulfonamides is 1. The number of amides is 2. The summed E-state index contributed by atoms with van der Waals surface area (Å²) in [6.07, 6.45) is 4.02. The molecule has 8 nitrogen and oxygen atoms in total. The van der Waals surface area contributed by atoms with E-state index in [9.17, 15) is 18.0 Å². The molecule has 262 valence electrons. The molecule has 1 aliphatic carbocycles. The van der Waals surface area contributed by atoms with Crippen molar-refractivity contribution in [1.29, 1.82) is 0 Å². The number of anilines is 1. The highest BCUT2D eigenvalue weighted by molar-refractivity contribution is 7.92. The predicted molar refractivity (Wildman–Crippen MR) is 200 cm³/mol. The molecule has 0 aliphatic heterocycles. The number of halogens is 1. The van der Waals surface area contributed by atoms with Crippen LogP contribution in [0.2, 0.25) is 5.02 Å². The maximum absolute atomic E-state index is 14.8. The van der Waals surface area contributed by atoms with Gasteiger partial charge in [-0.3, -0.25) is 13.9 Å². The van der Waals surface area contributed by atoms with Crippen LogP contribution >= 0.6 is 11.6 Å². The van der Waals surface area contributed by atoms with Crippen LogP contribution in [0, 0.1) is 0 Å². The Morgan fingerprint density at radius 1 is 0.745 bits per heavy atom. The van der Waals surface area contributed by atoms with Gasteiger partial charge in [0, 0.05) is 24.0 Å². The lowest BCUT2D eigenvalue weighted by molar-refractivity contribution is -0.140. The van der Waals surface area contributed by atoms with E-state index in [2.05, 4.69) is 5.32 Å². The van der Waals surface area contributed by atoms with E-state index in [1.165, 1.54) is 17.0 Å². The zero-order valence-corrected chi connectivity index (χ0v) is 29.7. The topological polar surface area (TPSA) is 96.0 Å². The second-order valence-corrected chi connectivity index (χ2v) is 14.8. The average Bonchev–Trinajstić information content (AvgIpc) is 3.67. The predicted octanol–water partition coefficient (Wildman–Crippen LogP) is 8.03. The number of ether oxygens (including phenoxy) is 1. The summed E-state index contributed by atoms with van der Waals surface area (Å²) in [6, 6.07) is 39.5. The van der Waals surface area contributed by atoms with Crippen LogP contribution in [0.1, 0.15) is 36.8 Å². The van der Waals surface area contributed by atoms with Gasteiger partial charge in [0.05, 0.1) is 10.6 Å². The zero-order valence-electron chi connectivity index (χ0n) is 28.1. The van der Waals surface area contributed by atoms with Crippen molar-refractivity contribution in [2.45, 2.75) is 55.6 Å². The maximum atomic E-state index is 14.8. The molecule has 5 aromatic rings. The second kappa shape index (κ2) is 16.7. The van der Waals surface area contributed by atoms with Gasteiger partial charge in [0.25, 0.3) is 10.0 Å². The Labute approximate surface area is 304 Å². The van der Waals surface area contributed by atoms with Crippen molar-refractivity contribution in [2.75, 3.05) is 10.8 Å². The molecule has 1 fully saturated rings. The van der Waals surface area contributed by atoms with Crippen LogP contribution in [0.15, 0.2) is 144 Å². The molecule has 0 unspecified atom stereocenters. The van der Waals surface area contributed by atoms with E-state index in [4.69, 9.17) is 16.3 Å². The summed E-state index contributed by atoms with van der Waals surface area (Å²) in [4.78, 5) is 30.5. The van der Waals surface area contributed by atoms with Crippen molar-refractivity contribution in [3.8, 4) is 11.5 Å². The van der Waals surface area contributed by atoms with Gasteiger partial charge in [-0.25, -0.2) is 8.42 Å². The van der Waals surface area contributed by atoms with Crippen LogP contribution in [0.4, 0.5) is 5.69 Å². The molecule has 51 heavy (non-hydrogen) atoms. The molecule has 0 bridgehead atoms. The van der Waals surface area contributed by atoms with Gasteiger partial charge < -0.3 is 15.0 Å². The van der Waals surface area contributed by atoms with Gasteiger partial charge in [-0.05, 0) is 78.6 Å². The van der Waals surface area contributed by atoms with E-state index >= 15 is 0 Å². The minimum Gasteiger partial charge on any atom is -0.457 e. The second-order valence-electron chi connectivity index (χ2n) is 12.5. The molecule has 1 aliphatic rings. The van der Waals surface area contributed by atoms with E-state index in [0.717, 1.165) is 35.6 Å². The number of hydrogen-bond donors (Lipinski definition) is 1. The van der Waals surface area contributed by atoms with Crippen LogP contribution < -0.4 is 14.4 Å². The Hall–Kier alpha value is -5.12. The lowest BCUT2D eigenvalue weighted by Gasteiger charge is -2.34. The van der Waals surface area contributed by atoms with Gasteiger partial charge in [0.1, 0.15) is 24.1 Å². The number of nitrogens with zero attached hydrogens (tertiary/aromatic N) is 2. The summed E-state index contributed by atoms with van der Waals surface area (Å²) in [5.41, 5.74) is 1.77. The number of carbonyl (C=O) groups is 2. The highest BCUT2D eigenvalue weighted by Gasteiger charge is 2.35. The van der Waals surface area contributed by atoms with Crippen molar-refractivity contribution in [3.05, 3.63) is 156 Å². The number of nitrogens with one attached hydrogen (secondary N) is 1. The van der Waals surface area contributed by atoms with E-state index in [1.54, 1.807) is 60.7 Å². The first-order valence-electron chi connectivity index (χ1n) is 17.1. The van der Waals surface area contributed by atoms with Gasteiger partial charge in [-0.15, -0.1) is 0 Å². The molecule has 6 rings (SSSR count). The normalized spacial score (nSPS) is 13.7. The van der Waals surface area contributed by atoms with Crippen molar-refractivity contribution in [2.24, 2.45) is 0 Å². The molecule has 1 atom stereocenters. The van der Waals surface area contributed by atoms with Crippen LogP contribution in [-0.2, 0) is 32.6 Å². The smallest absolute Gasteiger partial charge is 0.264 e. The van der Waals surface area contributed by atoms with Crippen LogP contribution in [0.25, 0.3) is 0 Å². The fraction of sp³-hybridized carbons (Fsp3) is 0.220. The van der Waals surface area contributed by atoms with Crippen molar-refractivity contribution in [1.82, 2.24) is 10.2 Å². The van der Waals surface area contributed by atoms with Gasteiger partial charge in [0.15, 0.2) is 0 Å². The summed E-state index contributed by atoms with van der Waals surface area (Å²) < 4.78 is 35.7. The number of hydrogen-bond acceptors (Lipinski definition) is 5. The monoisotopic (exact) mass is 721 g/mol. The van der Waals surface area contributed by atoms with Crippen molar-refractivity contribution < 1.29 is 22.7 Å². The zero-order chi connectivity index (χ0) is 35.6. The van der Waals surface area contributed by atoms with Crippen LogP contribution in [0.3, 0.4) is 0 Å². The van der Waals surface area contributed by atoms with Gasteiger partial charge in [0.2, 0.25) is 11.8 Å². The molecule has 0 aromatic heterocycles. The molecule has 10 heteroatoms. The Balaban J connectivity index is 1.38. The standard InChI is InChI=1S/C41H40ClN3O5S/c42-38-23-13-10-16-32(38)29-44(39(28-31-14-4-1-5-15-31)41(47)43-33-17-11-12-18-33)40(46)30-45(51(48,49)37-21-8-3-9-22-37)34-24-26-36(27-25-34)50-35-19-6-2-7-20-35/h1-10,13-16,19-27,33,39H,11-12,17-18,28-30H2,(H,43,47)/t39-/m0/s1. The number of benzene rings is 5. The molecular formula is C41H40ClN3O5S. The summed E-state index contributed by atoms with van der Waals surface area (Å²) in [5.74, 6) is 0.289. The van der Waals surface area contributed by atoms with Crippen LogP contribution in [0.5, 0.6) is 11.5 Å². The van der Waals surface area contributed by atoms with E-state index in [1.807, 2.05) is 66.7 Å². The van der Waals surface area contributed by atoms with Gasteiger partial charge in [-0.2, -0.15) is 0 Å². The molecule has 0 saturated heterocycles. The average molecular weight is 722 g/mol. The third-order valence-electron chi connectivity index (χ3n) is 8.98. The van der Waals surface area contributed by atoms with E-state index in [-0.39, 0.29) is 35.5 Å². The fourth-order valence-corrected chi connectivity index (χ4v) is 7.92. The molecule has 1 N–H and O–H groups in total. The first-order valence-corrected chi connectivity index (χ1v) is 18.9. The van der Waals surface area contributed by atoms with E-state index < -0.39 is 28.5 Å². The van der Waals surface area contributed by atoms with Gasteiger partial charge >= 0.3 is 0 Å². The van der Waals surface area contributed by atoms with Crippen molar-refractivity contribution >= 4 is 39.1 Å². The molecule has 0 spiro atoms. The summed E-state index contributed by atoms with van der Waals surface area (Å²) in [5, 5.41) is 3.63. The molecule has 2 amide bonds. The first-order chi connectivity index (χ1) is 24.8. The molecular weight excluding hydrogens is 682 g/mol. The molecule has 0 radical (unpaired) electrons. The molecule has 5 aromatic carbocycles. The third-order valence-corrected chi connectivity index (χ3v) is 11.1. The van der Waals surface area contributed by atoms with Gasteiger partial charge in [-0.1, -0.05) is 109 Å². The highest BCUT2D eigenvalue weighted by Crippen LogP contribution is 2.29. The highest BCUT2D eigenvalue weighted by atomic mass is 35.5. The Kier molecular flexibility index (Phi) is 11.7. The van der Waals surface area contributed by atoms with E-state index in [0.29, 0.717) is 22.1 Å². The number of rotatable bonds is 14. The summed E-state index contributed by atoms with van der Waals surface area (Å²) in [7, 11) is -4.24. The largest absolute Gasteiger partial charge is 0.457 e. The third kappa shape index (κ3) is 9.17. The minimum absolute atomic E-state index is 0.00281. The Morgan fingerprint density at radius 2 is 1.31 bits per heavy atom. The summed E-state index contributed by atoms with van der Waals surface area (Å²) in [6.45, 7) is -0.570. The quantitative estimate of drug-likeness (QED) is 0.125. The summed E-state index contributed by atoms with van der Waals surface area (Å²) >= 11 is 6.63. The Morgan fingerprint density at radius 3 is 1.96 bits per heavy atom. The number of carbonyl (C=O) groups excluding carboxylic acids is 2. The lowest BCUT2D eigenvalue weighted by atomic mass is 10.0. The maximum Gasteiger partial charge on any atom is 0.264 e. The first kappa shape index (κ1) is 35.7. The number of para-hydroxylation sites is 1. The lowest BCUT2D eigenvalue weighted by Crippen LogP contribution is -2.54. The van der Waals surface area contributed by atoms with Crippen LogP contribution in [-0.4, -0.2) is 43.8 Å². The SMILES string of the molecule is O=C(NC1CCCC1)[C@H](Cc1ccccc1)N(Cc1ccccc1Cl)C(=O)CN(c1ccc(Oc2ccccc2)cc1)S(=O)(=O)c1ccccc1. The molecule has 0 heterocycles. The Bertz CT molecular complexity index is 2010. The minimum atomic E-state index is -4.24. The fourth-order valence-electron chi connectivity index (χ4n) is 6.29.